The van der Waals surface area contributed by atoms with E-state index in [1.807, 2.05) is 19.1 Å². The Hall–Kier alpha value is -2.10. The maximum atomic E-state index is 9.91. The summed E-state index contributed by atoms with van der Waals surface area (Å²) < 4.78 is 11.7. The first-order valence-corrected chi connectivity index (χ1v) is 8.12. The molecule has 0 aliphatic carbocycles. The molecular weight excluding hydrogens is 292 g/mol. The monoisotopic (exact) mass is 314 g/mol. The fourth-order valence-corrected chi connectivity index (χ4v) is 4.19. The van der Waals surface area contributed by atoms with Crippen LogP contribution in [0.4, 0.5) is 0 Å². The number of unbranched alkanes of at least 4 members (excludes halogenated alkanes) is 2. The second-order valence-corrected chi connectivity index (χ2v) is 6.46. The number of nitriles is 3. The number of ether oxygens (including phenoxy) is 2. The van der Waals surface area contributed by atoms with Crippen LogP contribution in [0.15, 0.2) is 0 Å². The lowest BCUT2D eigenvalue weighted by atomic mass is 9.53. The maximum absolute atomic E-state index is 9.91. The van der Waals surface area contributed by atoms with Crippen molar-refractivity contribution < 1.29 is 9.47 Å². The lowest BCUT2D eigenvalue weighted by Crippen LogP contribution is -2.61. The Labute approximate surface area is 137 Å². The van der Waals surface area contributed by atoms with E-state index in [1.54, 1.807) is 6.92 Å². The first kappa shape index (κ1) is 17.3. The van der Waals surface area contributed by atoms with Gasteiger partial charge in [0.05, 0.1) is 30.2 Å². The molecule has 2 aliphatic heterocycles. The Bertz CT molecular complexity index is 612. The quantitative estimate of drug-likeness (QED) is 0.782. The molecule has 0 spiro atoms. The molecule has 2 bridgehead atoms. The molecule has 2 saturated heterocycles. The zero-order chi connectivity index (χ0) is 17.3. The van der Waals surface area contributed by atoms with E-state index in [2.05, 4.69) is 13.0 Å². The summed E-state index contributed by atoms with van der Waals surface area (Å²) in [5.74, 6) is -1.96. The van der Waals surface area contributed by atoms with Crippen molar-refractivity contribution in [3.63, 3.8) is 0 Å². The molecule has 2 fully saturated rings. The summed E-state index contributed by atoms with van der Waals surface area (Å²) in [5.41, 5.74) is -3.29. The van der Waals surface area contributed by atoms with E-state index in [4.69, 9.17) is 14.9 Å². The van der Waals surface area contributed by atoms with Crippen molar-refractivity contribution in [3.05, 3.63) is 0 Å². The molecule has 0 radical (unpaired) electrons. The lowest BCUT2D eigenvalue weighted by molar-refractivity contribution is -0.271. The first-order valence-electron chi connectivity index (χ1n) is 8.12. The third kappa shape index (κ3) is 1.97. The van der Waals surface area contributed by atoms with Crippen molar-refractivity contribution in [2.75, 3.05) is 0 Å². The average Bonchev–Trinajstić information content (AvgIpc) is 2.71. The molecular formula is C17H22N4O2. The lowest BCUT2D eigenvalue weighted by Gasteiger charge is -2.48. The fourth-order valence-electron chi connectivity index (χ4n) is 4.19. The van der Waals surface area contributed by atoms with E-state index in [0.717, 1.165) is 19.3 Å². The topological polar surface area (TPSA) is 114 Å². The summed E-state index contributed by atoms with van der Waals surface area (Å²) >= 11 is 0. The average molecular weight is 314 g/mol. The minimum absolute atomic E-state index is 0.310. The summed E-state index contributed by atoms with van der Waals surface area (Å²) in [5, 5.41) is 37.8. The molecule has 23 heavy (non-hydrogen) atoms. The number of fused-ring (bicyclic) bond motifs is 2. The summed E-state index contributed by atoms with van der Waals surface area (Å²) in [6.07, 6.45) is 3.01. The van der Waals surface area contributed by atoms with Gasteiger partial charge in [0.15, 0.2) is 10.8 Å². The van der Waals surface area contributed by atoms with Gasteiger partial charge < -0.3 is 9.47 Å². The van der Waals surface area contributed by atoms with Gasteiger partial charge in [0.1, 0.15) is 0 Å². The molecule has 2 heterocycles. The predicted molar refractivity (Wildman–Crippen MR) is 81.7 cm³/mol. The number of hydrogen-bond donors (Lipinski definition) is 1. The first-order chi connectivity index (χ1) is 10.9. The van der Waals surface area contributed by atoms with Crippen LogP contribution >= 0.6 is 0 Å². The minimum Gasteiger partial charge on any atom is -0.448 e. The van der Waals surface area contributed by atoms with E-state index >= 15 is 0 Å². The number of hydrogen-bond acceptors (Lipinski definition) is 6. The van der Waals surface area contributed by atoms with Gasteiger partial charge in [-0.2, -0.15) is 15.8 Å². The second kappa shape index (κ2) is 5.84. The van der Waals surface area contributed by atoms with Gasteiger partial charge in [-0.3, -0.25) is 5.41 Å². The molecule has 4 atom stereocenters. The van der Waals surface area contributed by atoms with Crippen LogP contribution in [0, 0.1) is 56.2 Å². The van der Waals surface area contributed by atoms with Gasteiger partial charge >= 0.3 is 0 Å². The molecule has 0 aromatic heterocycles. The summed E-state index contributed by atoms with van der Waals surface area (Å²) in [6.45, 7) is 5.63. The van der Waals surface area contributed by atoms with Crippen molar-refractivity contribution in [1.82, 2.24) is 0 Å². The molecule has 0 aromatic rings. The highest BCUT2D eigenvalue weighted by atomic mass is 16.7. The Morgan fingerprint density at radius 2 is 1.78 bits per heavy atom. The van der Waals surface area contributed by atoms with Gasteiger partial charge in [0.2, 0.25) is 11.7 Å². The SMILES string of the molecule is CCCCCC1OC2(C)OC(=N)C(C#N)(C2CC)C1(C#N)C#N. The fraction of sp³-hybridized carbons (Fsp3) is 0.765. The van der Waals surface area contributed by atoms with Crippen molar-refractivity contribution in [3.8, 4) is 18.2 Å². The Balaban J connectivity index is 2.60. The van der Waals surface area contributed by atoms with Crippen LogP contribution in [0.3, 0.4) is 0 Å². The van der Waals surface area contributed by atoms with Gasteiger partial charge in [0.25, 0.3) is 0 Å². The summed E-state index contributed by atoms with van der Waals surface area (Å²) in [4.78, 5) is 0. The molecule has 0 amide bonds. The third-order valence-corrected chi connectivity index (χ3v) is 5.31. The molecule has 4 unspecified atom stereocenters. The van der Waals surface area contributed by atoms with Crippen LogP contribution in [-0.4, -0.2) is 17.8 Å². The summed E-state index contributed by atoms with van der Waals surface area (Å²) in [6, 6.07) is 6.22. The van der Waals surface area contributed by atoms with E-state index in [0.29, 0.717) is 12.8 Å². The number of nitrogens with one attached hydrogen (secondary N) is 1. The van der Waals surface area contributed by atoms with Gasteiger partial charge in [-0.25, -0.2) is 0 Å². The summed E-state index contributed by atoms with van der Waals surface area (Å²) in [7, 11) is 0. The Morgan fingerprint density at radius 3 is 2.26 bits per heavy atom. The number of rotatable bonds is 5. The smallest absolute Gasteiger partial charge is 0.214 e. The van der Waals surface area contributed by atoms with Gasteiger partial charge in [-0.05, 0) is 12.8 Å². The molecule has 1 N–H and O–H groups in total. The van der Waals surface area contributed by atoms with Crippen molar-refractivity contribution in [1.29, 1.82) is 21.2 Å². The second-order valence-electron chi connectivity index (χ2n) is 6.46. The molecule has 6 nitrogen and oxygen atoms in total. The Morgan fingerprint density at radius 1 is 1.13 bits per heavy atom. The molecule has 2 aliphatic rings. The highest BCUT2D eigenvalue weighted by molar-refractivity contribution is 5.89. The predicted octanol–water partition coefficient (Wildman–Crippen LogP) is 3.26. The normalized spacial score (nSPS) is 37.3. The molecule has 0 aromatic carbocycles. The third-order valence-electron chi connectivity index (χ3n) is 5.31. The molecule has 0 saturated carbocycles. The largest absolute Gasteiger partial charge is 0.448 e. The van der Waals surface area contributed by atoms with Crippen LogP contribution in [0.5, 0.6) is 0 Å². The van der Waals surface area contributed by atoms with Crippen molar-refractivity contribution >= 4 is 5.90 Å². The molecule has 122 valence electrons. The van der Waals surface area contributed by atoms with Gasteiger partial charge in [-0.1, -0.05) is 33.1 Å². The van der Waals surface area contributed by atoms with E-state index in [1.165, 1.54) is 0 Å². The molecule has 6 heteroatoms. The van der Waals surface area contributed by atoms with Crippen LogP contribution in [0.1, 0.15) is 52.9 Å². The highest BCUT2D eigenvalue weighted by Gasteiger charge is 2.78. The maximum Gasteiger partial charge on any atom is 0.214 e. The van der Waals surface area contributed by atoms with E-state index in [-0.39, 0.29) is 5.90 Å². The van der Waals surface area contributed by atoms with Crippen LogP contribution in [-0.2, 0) is 9.47 Å². The zero-order valence-electron chi connectivity index (χ0n) is 13.8. The van der Waals surface area contributed by atoms with E-state index in [9.17, 15) is 15.8 Å². The highest BCUT2D eigenvalue weighted by Crippen LogP contribution is 2.63. The van der Waals surface area contributed by atoms with Crippen LogP contribution < -0.4 is 0 Å². The van der Waals surface area contributed by atoms with Crippen molar-refractivity contribution in [2.24, 2.45) is 16.7 Å². The minimum atomic E-state index is -1.72. The Kier molecular flexibility index (Phi) is 4.38. The van der Waals surface area contributed by atoms with Crippen LogP contribution in [0.25, 0.3) is 0 Å². The van der Waals surface area contributed by atoms with E-state index < -0.39 is 28.6 Å². The van der Waals surface area contributed by atoms with Gasteiger partial charge in [-0.15, -0.1) is 0 Å². The number of nitrogens with zero attached hydrogens (tertiary/aromatic N) is 3. The van der Waals surface area contributed by atoms with Crippen molar-refractivity contribution in [2.45, 2.75) is 64.8 Å². The molecule has 2 rings (SSSR count). The van der Waals surface area contributed by atoms with Gasteiger partial charge in [0, 0.05) is 6.92 Å². The standard InChI is InChI=1S/C17H22N4O2/c1-4-6-7-8-13-16(9-18,10-19)17(11-20)12(5-2)15(3,22-13)23-14(17)21/h12-13,21H,4-8H2,1-3H3. The zero-order valence-corrected chi connectivity index (χ0v) is 13.8. The van der Waals surface area contributed by atoms with Crippen LogP contribution in [0.2, 0.25) is 0 Å².